The Morgan fingerprint density at radius 3 is 2.30 bits per heavy atom. The molecule has 3 aromatic carbocycles. The van der Waals surface area contributed by atoms with Gasteiger partial charge in [-0.15, -0.1) is 20.4 Å². The Kier molecular flexibility index (Phi) is 5.79. The summed E-state index contributed by atoms with van der Waals surface area (Å²) in [5.41, 5.74) is 6.60. The zero-order chi connectivity index (χ0) is 22.8. The minimum atomic E-state index is 0.497. The molecule has 33 heavy (non-hydrogen) atoms. The van der Waals surface area contributed by atoms with Gasteiger partial charge in [0.1, 0.15) is 0 Å². The fraction of sp³-hybridized carbons (Fsp3) is 0.154. The highest BCUT2D eigenvalue weighted by molar-refractivity contribution is 7.98. The third-order valence-corrected chi connectivity index (χ3v) is 6.42. The van der Waals surface area contributed by atoms with Crippen LogP contribution in [0.2, 0.25) is 0 Å². The van der Waals surface area contributed by atoms with Gasteiger partial charge in [-0.05, 0) is 56.2 Å². The fourth-order valence-corrected chi connectivity index (χ4v) is 4.27. The molecule has 6 nitrogen and oxygen atoms in total. The van der Waals surface area contributed by atoms with Crippen molar-refractivity contribution in [1.29, 1.82) is 0 Å². The highest BCUT2D eigenvalue weighted by Gasteiger charge is 2.18. The first kappa shape index (κ1) is 21.2. The van der Waals surface area contributed by atoms with E-state index in [0.717, 1.165) is 27.8 Å². The van der Waals surface area contributed by atoms with Crippen LogP contribution in [-0.2, 0) is 5.75 Å². The molecule has 0 aliphatic heterocycles. The summed E-state index contributed by atoms with van der Waals surface area (Å²) in [7, 11) is 0. The molecule has 0 N–H and O–H groups in total. The van der Waals surface area contributed by atoms with Crippen molar-refractivity contribution in [2.24, 2.45) is 0 Å². The van der Waals surface area contributed by atoms with Crippen LogP contribution in [0.15, 0.2) is 82.4 Å². The minimum absolute atomic E-state index is 0.497. The van der Waals surface area contributed by atoms with Crippen molar-refractivity contribution in [2.75, 3.05) is 0 Å². The zero-order valence-corrected chi connectivity index (χ0v) is 19.5. The van der Waals surface area contributed by atoms with Crippen molar-refractivity contribution in [1.82, 2.24) is 25.0 Å². The minimum Gasteiger partial charge on any atom is -0.420 e. The molecule has 0 atom stereocenters. The summed E-state index contributed by atoms with van der Waals surface area (Å²) in [4.78, 5) is 0. The Balaban J connectivity index is 1.45. The van der Waals surface area contributed by atoms with E-state index in [9.17, 15) is 0 Å². The molecule has 0 aliphatic carbocycles. The van der Waals surface area contributed by atoms with Crippen molar-refractivity contribution < 1.29 is 4.42 Å². The van der Waals surface area contributed by atoms with Crippen LogP contribution in [0.25, 0.3) is 28.5 Å². The van der Waals surface area contributed by atoms with Gasteiger partial charge in [0.05, 0.1) is 11.4 Å². The summed E-state index contributed by atoms with van der Waals surface area (Å²) in [6.45, 7) is 6.28. The van der Waals surface area contributed by atoms with Gasteiger partial charge in [0, 0.05) is 11.1 Å². The third-order valence-electron chi connectivity index (χ3n) is 5.50. The number of benzene rings is 3. The van der Waals surface area contributed by atoms with Crippen molar-refractivity contribution in [3.05, 3.63) is 95.4 Å². The summed E-state index contributed by atoms with van der Waals surface area (Å²) < 4.78 is 7.99. The van der Waals surface area contributed by atoms with Crippen molar-refractivity contribution in [3.8, 4) is 28.5 Å². The molecule has 0 saturated heterocycles. The second kappa shape index (κ2) is 9.03. The number of rotatable bonds is 6. The van der Waals surface area contributed by atoms with Crippen LogP contribution < -0.4 is 0 Å². The van der Waals surface area contributed by atoms with E-state index in [1.165, 1.54) is 28.5 Å². The van der Waals surface area contributed by atoms with Crippen LogP contribution in [0, 0.1) is 20.8 Å². The third kappa shape index (κ3) is 4.45. The van der Waals surface area contributed by atoms with E-state index in [-0.39, 0.29) is 0 Å². The molecule has 0 amide bonds. The molecule has 0 unspecified atom stereocenters. The lowest BCUT2D eigenvalue weighted by molar-refractivity contribution is 0.528. The molecule has 7 heteroatoms. The Bertz CT molecular complexity index is 1390. The Labute approximate surface area is 196 Å². The van der Waals surface area contributed by atoms with Gasteiger partial charge in [0.15, 0.2) is 11.0 Å². The van der Waals surface area contributed by atoms with E-state index >= 15 is 0 Å². The molecule has 5 rings (SSSR count). The summed E-state index contributed by atoms with van der Waals surface area (Å²) >= 11 is 1.52. The maximum Gasteiger partial charge on any atom is 0.247 e. The standard InChI is InChI=1S/C26H23N5OS/c1-17-9-12-21(13-10-17)25-29-27-23(32-25)16-33-26-30-28-24(20-7-5-4-6-8-20)31(26)22-14-11-18(2)19(3)15-22/h4-15H,16H2,1-3H3. The van der Waals surface area contributed by atoms with Gasteiger partial charge < -0.3 is 4.42 Å². The average molecular weight is 454 g/mol. The normalized spacial score (nSPS) is 11.1. The number of nitrogens with zero attached hydrogens (tertiary/aromatic N) is 5. The molecule has 2 heterocycles. The molecular weight excluding hydrogens is 430 g/mol. The Morgan fingerprint density at radius 2 is 1.55 bits per heavy atom. The first-order chi connectivity index (χ1) is 16.1. The lowest BCUT2D eigenvalue weighted by Crippen LogP contribution is -2.01. The van der Waals surface area contributed by atoms with Crippen LogP contribution in [0.3, 0.4) is 0 Å². The molecule has 0 bridgehead atoms. The number of aromatic nitrogens is 5. The van der Waals surface area contributed by atoms with Crippen LogP contribution in [-0.4, -0.2) is 25.0 Å². The lowest BCUT2D eigenvalue weighted by atomic mass is 10.1. The molecule has 5 aromatic rings. The first-order valence-corrected chi connectivity index (χ1v) is 11.7. The highest BCUT2D eigenvalue weighted by atomic mass is 32.2. The Hall–Kier alpha value is -3.71. The number of thioether (sulfide) groups is 1. The second-order valence-electron chi connectivity index (χ2n) is 7.93. The van der Waals surface area contributed by atoms with E-state index in [0.29, 0.717) is 17.5 Å². The van der Waals surface area contributed by atoms with Crippen molar-refractivity contribution >= 4 is 11.8 Å². The van der Waals surface area contributed by atoms with E-state index in [1.54, 1.807) is 0 Å². The van der Waals surface area contributed by atoms with Crippen LogP contribution in [0.4, 0.5) is 0 Å². The molecule has 2 aromatic heterocycles. The maximum absolute atomic E-state index is 5.90. The maximum atomic E-state index is 5.90. The lowest BCUT2D eigenvalue weighted by Gasteiger charge is -2.12. The van der Waals surface area contributed by atoms with Gasteiger partial charge >= 0.3 is 0 Å². The van der Waals surface area contributed by atoms with Gasteiger partial charge in [-0.2, -0.15) is 0 Å². The summed E-state index contributed by atoms with van der Waals surface area (Å²) in [6.07, 6.45) is 0. The molecule has 0 aliphatic rings. The van der Waals surface area contributed by atoms with Crippen LogP contribution >= 0.6 is 11.8 Å². The van der Waals surface area contributed by atoms with Gasteiger partial charge in [-0.1, -0.05) is 65.9 Å². The van der Waals surface area contributed by atoms with Gasteiger partial charge in [0.25, 0.3) is 0 Å². The SMILES string of the molecule is Cc1ccc(-c2nnc(CSc3nnc(-c4ccccc4)n3-c3ccc(C)c(C)c3)o2)cc1. The van der Waals surface area contributed by atoms with Gasteiger partial charge in [-0.25, -0.2) is 0 Å². The van der Waals surface area contributed by atoms with Gasteiger partial charge in [0.2, 0.25) is 11.8 Å². The predicted octanol–water partition coefficient (Wildman–Crippen LogP) is 6.20. The van der Waals surface area contributed by atoms with E-state index < -0.39 is 0 Å². The van der Waals surface area contributed by atoms with E-state index in [4.69, 9.17) is 4.42 Å². The zero-order valence-electron chi connectivity index (χ0n) is 18.7. The van der Waals surface area contributed by atoms with E-state index in [2.05, 4.69) is 63.9 Å². The first-order valence-electron chi connectivity index (χ1n) is 10.7. The fourth-order valence-electron chi connectivity index (χ4n) is 3.49. The quantitative estimate of drug-likeness (QED) is 0.285. The largest absolute Gasteiger partial charge is 0.420 e. The molecule has 0 fully saturated rings. The van der Waals surface area contributed by atoms with Crippen molar-refractivity contribution in [2.45, 2.75) is 31.7 Å². The topological polar surface area (TPSA) is 69.6 Å². The summed E-state index contributed by atoms with van der Waals surface area (Å²) in [6, 6.07) is 24.5. The van der Waals surface area contributed by atoms with Gasteiger partial charge in [-0.3, -0.25) is 4.57 Å². The van der Waals surface area contributed by atoms with Crippen LogP contribution in [0.1, 0.15) is 22.6 Å². The number of aryl methyl sites for hydroxylation is 3. The summed E-state index contributed by atoms with van der Waals surface area (Å²) in [5, 5.41) is 18.2. The number of hydrogen-bond donors (Lipinski definition) is 0. The van der Waals surface area contributed by atoms with Crippen LogP contribution in [0.5, 0.6) is 0 Å². The summed E-state index contributed by atoms with van der Waals surface area (Å²) in [5.74, 6) is 2.36. The predicted molar refractivity (Wildman–Crippen MR) is 130 cm³/mol. The highest BCUT2D eigenvalue weighted by Crippen LogP contribution is 2.31. The molecule has 164 valence electrons. The second-order valence-corrected chi connectivity index (χ2v) is 8.87. The van der Waals surface area contributed by atoms with E-state index in [1.807, 2.05) is 54.6 Å². The average Bonchev–Trinajstić information content (AvgIpc) is 3.48. The molecular formula is C26H23N5OS. The monoisotopic (exact) mass is 453 g/mol. The molecule has 0 spiro atoms. The van der Waals surface area contributed by atoms with Crippen molar-refractivity contribution in [3.63, 3.8) is 0 Å². The smallest absolute Gasteiger partial charge is 0.247 e. The molecule has 0 radical (unpaired) electrons. The number of hydrogen-bond acceptors (Lipinski definition) is 6. The molecule has 0 saturated carbocycles. The Morgan fingerprint density at radius 1 is 0.758 bits per heavy atom.